The van der Waals surface area contributed by atoms with Gasteiger partial charge in [-0.25, -0.2) is 0 Å². The average Bonchev–Trinajstić information content (AvgIpc) is 2.81. The quantitative estimate of drug-likeness (QED) is 0.316. The maximum atomic E-state index is 12.9. The lowest BCUT2D eigenvalue weighted by atomic mass is 10.1. The highest BCUT2D eigenvalue weighted by molar-refractivity contribution is 6.31. The number of amides is 2. The molecule has 6 heteroatoms. The third-order valence-corrected chi connectivity index (χ3v) is 4.95. The Morgan fingerprint density at radius 2 is 1.25 bits per heavy atom. The minimum absolute atomic E-state index is 0.323. The highest BCUT2D eigenvalue weighted by Gasteiger charge is 2.14. The Morgan fingerprint density at radius 3 is 2.00 bits per heavy atom. The first-order valence-corrected chi connectivity index (χ1v) is 10.4. The molecule has 0 fully saturated rings. The molecule has 5 nitrogen and oxygen atoms in total. The summed E-state index contributed by atoms with van der Waals surface area (Å²) in [5.41, 5.74) is 3.71. The van der Waals surface area contributed by atoms with E-state index in [1.165, 1.54) is 0 Å². The van der Waals surface area contributed by atoms with Gasteiger partial charge in [-0.3, -0.25) is 9.59 Å². The fraction of sp³-hybridized carbons (Fsp3) is 0. The summed E-state index contributed by atoms with van der Waals surface area (Å²) in [7, 11) is 0. The van der Waals surface area contributed by atoms with Gasteiger partial charge in [0.15, 0.2) is 0 Å². The fourth-order valence-corrected chi connectivity index (χ4v) is 3.33. The largest absolute Gasteiger partial charge is 0.356 e. The summed E-state index contributed by atoms with van der Waals surface area (Å²) in [5.74, 6) is -0.667. The number of anilines is 4. The van der Waals surface area contributed by atoms with Crippen molar-refractivity contribution in [1.82, 2.24) is 0 Å². The molecule has 3 N–H and O–H groups in total. The van der Waals surface area contributed by atoms with Gasteiger partial charge < -0.3 is 16.0 Å². The second kappa shape index (κ2) is 9.81. The number of para-hydroxylation sites is 2. The first-order valence-electron chi connectivity index (χ1n) is 9.98. The number of benzene rings is 4. The van der Waals surface area contributed by atoms with Gasteiger partial charge in [0.1, 0.15) is 0 Å². The Labute approximate surface area is 191 Å². The van der Waals surface area contributed by atoms with Crippen molar-refractivity contribution in [3.8, 4) is 0 Å². The molecule has 2 amide bonds. The van der Waals surface area contributed by atoms with E-state index >= 15 is 0 Å². The van der Waals surface area contributed by atoms with Crippen molar-refractivity contribution < 1.29 is 9.59 Å². The molecule has 0 spiro atoms. The summed E-state index contributed by atoms with van der Waals surface area (Å²) in [6, 6.07) is 30.7. The lowest BCUT2D eigenvalue weighted by Gasteiger charge is -2.12. The predicted molar refractivity (Wildman–Crippen MR) is 130 cm³/mol. The van der Waals surface area contributed by atoms with Crippen molar-refractivity contribution >= 4 is 46.2 Å². The molecule has 0 aromatic heterocycles. The van der Waals surface area contributed by atoms with Crippen LogP contribution in [0.2, 0.25) is 5.02 Å². The van der Waals surface area contributed by atoms with E-state index in [1.807, 2.05) is 54.6 Å². The van der Waals surface area contributed by atoms with Crippen LogP contribution >= 0.6 is 11.6 Å². The van der Waals surface area contributed by atoms with Crippen LogP contribution < -0.4 is 16.0 Å². The zero-order chi connectivity index (χ0) is 22.3. The maximum absolute atomic E-state index is 12.9. The summed E-state index contributed by atoms with van der Waals surface area (Å²) in [6.07, 6.45) is 0. The number of hydrogen-bond acceptors (Lipinski definition) is 3. The van der Waals surface area contributed by atoms with Crippen molar-refractivity contribution in [2.24, 2.45) is 0 Å². The molecule has 4 aromatic rings. The smallest absolute Gasteiger partial charge is 0.257 e. The van der Waals surface area contributed by atoms with Gasteiger partial charge in [0.2, 0.25) is 0 Å². The van der Waals surface area contributed by atoms with Crippen LogP contribution in [-0.4, -0.2) is 11.8 Å². The molecule has 0 atom stereocenters. The fourth-order valence-electron chi connectivity index (χ4n) is 3.14. The van der Waals surface area contributed by atoms with Gasteiger partial charge in [-0.05, 0) is 66.7 Å². The molecule has 4 rings (SSSR count). The van der Waals surface area contributed by atoms with Crippen LogP contribution in [-0.2, 0) is 0 Å². The Balaban J connectivity index is 1.45. The molecule has 0 heterocycles. The van der Waals surface area contributed by atoms with Crippen LogP contribution in [0.4, 0.5) is 22.7 Å². The van der Waals surface area contributed by atoms with Gasteiger partial charge in [-0.2, -0.15) is 0 Å². The van der Waals surface area contributed by atoms with Crippen molar-refractivity contribution in [1.29, 1.82) is 0 Å². The topological polar surface area (TPSA) is 70.2 Å². The Kier molecular flexibility index (Phi) is 6.49. The lowest BCUT2D eigenvalue weighted by molar-refractivity contribution is 0.102. The molecule has 32 heavy (non-hydrogen) atoms. The molecule has 0 saturated carbocycles. The van der Waals surface area contributed by atoms with Crippen LogP contribution in [0.15, 0.2) is 103 Å². The first kappa shape index (κ1) is 21.2. The minimum atomic E-state index is -0.343. The maximum Gasteiger partial charge on any atom is 0.257 e. The number of hydrogen-bond donors (Lipinski definition) is 3. The van der Waals surface area contributed by atoms with Crippen molar-refractivity contribution in [2.75, 3.05) is 16.0 Å². The molecular formula is C26H20ClN3O2. The van der Waals surface area contributed by atoms with Gasteiger partial charge >= 0.3 is 0 Å². The van der Waals surface area contributed by atoms with E-state index in [0.717, 1.165) is 11.4 Å². The molecule has 158 valence electrons. The monoisotopic (exact) mass is 441 g/mol. The number of carbonyl (C=O) groups excluding carboxylic acids is 2. The highest BCUT2D eigenvalue weighted by Crippen LogP contribution is 2.22. The van der Waals surface area contributed by atoms with E-state index < -0.39 is 0 Å². The number of halogens is 1. The molecule has 0 aliphatic rings. The highest BCUT2D eigenvalue weighted by atomic mass is 35.5. The van der Waals surface area contributed by atoms with Crippen LogP contribution in [0.25, 0.3) is 0 Å². The van der Waals surface area contributed by atoms with Gasteiger partial charge in [-0.1, -0.05) is 48.0 Å². The predicted octanol–water partition coefficient (Wildman–Crippen LogP) is 6.59. The molecule has 4 aromatic carbocycles. The van der Waals surface area contributed by atoms with Crippen molar-refractivity contribution in [3.63, 3.8) is 0 Å². The zero-order valence-corrected chi connectivity index (χ0v) is 17.8. The van der Waals surface area contributed by atoms with E-state index in [-0.39, 0.29) is 11.8 Å². The standard InChI is InChI=1S/C26H20ClN3O2/c27-19-8-6-7-18(17-19)25(31)30-24-12-5-4-11-23(24)26(32)29-22-15-13-21(14-16-22)28-20-9-2-1-3-10-20/h1-17,28H,(H,29,32)(H,30,31). The SMILES string of the molecule is O=C(Nc1ccccc1C(=O)Nc1ccc(Nc2ccccc2)cc1)c1cccc(Cl)c1. The third-order valence-electron chi connectivity index (χ3n) is 4.71. The first-order chi connectivity index (χ1) is 15.6. The summed E-state index contributed by atoms with van der Waals surface area (Å²) in [4.78, 5) is 25.5. The molecular weight excluding hydrogens is 422 g/mol. The minimum Gasteiger partial charge on any atom is -0.356 e. The summed E-state index contributed by atoms with van der Waals surface area (Å²) < 4.78 is 0. The van der Waals surface area contributed by atoms with Crippen LogP contribution in [0, 0.1) is 0 Å². The van der Waals surface area contributed by atoms with Crippen molar-refractivity contribution in [3.05, 3.63) is 119 Å². The van der Waals surface area contributed by atoms with Crippen LogP contribution in [0.3, 0.4) is 0 Å². The van der Waals surface area contributed by atoms with Crippen LogP contribution in [0.5, 0.6) is 0 Å². The van der Waals surface area contributed by atoms with Gasteiger partial charge in [0, 0.05) is 27.6 Å². The molecule has 0 saturated heterocycles. The molecule has 0 aliphatic carbocycles. The second-order valence-electron chi connectivity index (χ2n) is 7.03. The van der Waals surface area contributed by atoms with E-state index in [1.54, 1.807) is 48.5 Å². The molecule has 0 aliphatic heterocycles. The second-order valence-corrected chi connectivity index (χ2v) is 7.47. The lowest BCUT2D eigenvalue weighted by Crippen LogP contribution is -2.18. The number of nitrogens with one attached hydrogen (secondary N) is 3. The normalized spacial score (nSPS) is 10.3. The van der Waals surface area contributed by atoms with Gasteiger partial charge in [-0.15, -0.1) is 0 Å². The molecule has 0 unspecified atom stereocenters. The van der Waals surface area contributed by atoms with Gasteiger partial charge in [0.25, 0.3) is 11.8 Å². The third kappa shape index (κ3) is 5.33. The Hall–Kier alpha value is -4.09. The van der Waals surface area contributed by atoms with Crippen LogP contribution in [0.1, 0.15) is 20.7 Å². The molecule has 0 radical (unpaired) electrons. The zero-order valence-electron chi connectivity index (χ0n) is 17.0. The Morgan fingerprint density at radius 1 is 0.594 bits per heavy atom. The summed E-state index contributed by atoms with van der Waals surface area (Å²) in [5, 5.41) is 9.42. The summed E-state index contributed by atoms with van der Waals surface area (Å²) in [6.45, 7) is 0. The number of rotatable bonds is 6. The molecule has 0 bridgehead atoms. The van der Waals surface area contributed by atoms with E-state index in [9.17, 15) is 9.59 Å². The summed E-state index contributed by atoms with van der Waals surface area (Å²) >= 11 is 5.97. The average molecular weight is 442 g/mol. The van der Waals surface area contributed by atoms with Crippen molar-refractivity contribution in [2.45, 2.75) is 0 Å². The Bertz CT molecular complexity index is 1240. The van der Waals surface area contributed by atoms with Gasteiger partial charge in [0.05, 0.1) is 11.3 Å². The van der Waals surface area contributed by atoms with E-state index in [0.29, 0.717) is 27.5 Å². The number of carbonyl (C=O) groups is 2. The van der Waals surface area contributed by atoms with E-state index in [2.05, 4.69) is 16.0 Å². The van der Waals surface area contributed by atoms with E-state index in [4.69, 9.17) is 11.6 Å².